The van der Waals surface area contributed by atoms with Crippen LogP contribution in [-0.4, -0.2) is 15.4 Å². The van der Waals surface area contributed by atoms with Crippen LogP contribution in [0.25, 0.3) is 0 Å². The molecule has 0 spiro atoms. The number of rotatable bonds is 9. The minimum absolute atomic E-state index is 0. The third-order valence-electron chi connectivity index (χ3n) is 5.04. The van der Waals surface area contributed by atoms with Crippen LogP contribution in [0.3, 0.4) is 0 Å². The average molecular weight is 605 g/mol. The molecule has 0 aliphatic heterocycles. The Morgan fingerprint density at radius 3 is 0.971 bits per heavy atom. The molecule has 4 aromatic rings. The number of alkyl halides is 3. The monoisotopic (exact) mass is 604 g/mol. The van der Waals surface area contributed by atoms with Crippen molar-refractivity contribution in [3.63, 3.8) is 0 Å². The van der Waals surface area contributed by atoms with Gasteiger partial charge in [-0.05, 0) is 0 Å². The number of hydrogen-bond donors (Lipinski definition) is 1. The smallest absolute Gasteiger partial charge is 0.344 e. The number of hydrogen-bond acceptors (Lipinski definition) is 1. The topological polar surface area (TPSA) is 35.0 Å². The van der Waals surface area contributed by atoms with Gasteiger partial charge in [0.2, 0.25) is 0 Å². The second kappa shape index (κ2) is 13.5. The first-order valence-corrected chi connectivity index (χ1v) is 17.1. The van der Waals surface area contributed by atoms with Crippen molar-refractivity contribution >= 4 is 37.1 Å². The minimum Gasteiger partial charge on any atom is -0.344 e. The summed E-state index contributed by atoms with van der Waals surface area (Å²) in [6, 6.07) is 40.4. The Morgan fingerprint density at radius 1 is 0.486 bits per heavy atom. The van der Waals surface area contributed by atoms with Gasteiger partial charge in [-0.15, -0.1) is 0 Å². The van der Waals surface area contributed by atoms with Gasteiger partial charge in [-0.3, -0.25) is 0 Å². The Morgan fingerprint density at radius 2 is 0.743 bits per heavy atom. The second-order valence-electron chi connectivity index (χ2n) is 7.60. The Kier molecular flexibility index (Phi) is 10.7. The van der Waals surface area contributed by atoms with Crippen molar-refractivity contribution in [3.8, 4) is 0 Å². The average Bonchev–Trinajstić information content (AvgIpc) is 2.87. The van der Waals surface area contributed by atoms with Gasteiger partial charge >= 0.3 is 209 Å². The van der Waals surface area contributed by atoms with Gasteiger partial charge in [0, 0.05) is 0 Å². The maximum absolute atomic E-state index is 13.9. The summed E-state index contributed by atoms with van der Waals surface area (Å²) in [7, 11) is -1.70. The van der Waals surface area contributed by atoms with Crippen molar-refractivity contribution in [2.75, 3.05) is 9.27 Å². The van der Waals surface area contributed by atoms with Crippen LogP contribution in [0.1, 0.15) is 0 Å². The van der Waals surface area contributed by atoms with Crippen LogP contribution in [0.2, 0.25) is 4.89 Å². The van der Waals surface area contributed by atoms with Gasteiger partial charge in [-0.25, -0.2) is 0 Å². The largest absolute Gasteiger partial charge is 0.344 e. The molecule has 4 rings (SSSR count). The third kappa shape index (κ3) is 8.35. The maximum Gasteiger partial charge on any atom is -0.344 e. The van der Waals surface area contributed by atoms with Crippen LogP contribution >= 0.6 is 15.8 Å². The molecule has 0 amide bonds. The molecular weight excluding hydrogens is 576 g/mol. The predicted octanol–water partition coefficient (Wildman–Crippen LogP) is 6.93. The van der Waals surface area contributed by atoms with Gasteiger partial charge in [0.15, 0.2) is 0 Å². The zero-order chi connectivity index (χ0) is 23.8. The van der Waals surface area contributed by atoms with E-state index in [1.165, 1.54) is 0 Å². The van der Waals surface area contributed by atoms with Crippen molar-refractivity contribution in [2.45, 2.75) is 11.1 Å². The van der Waals surface area contributed by atoms with Crippen LogP contribution in [0, 0.1) is 0 Å². The second-order valence-corrected chi connectivity index (χ2v) is 17.6. The molecule has 187 valence electrons. The van der Waals surface area contributed by atoms with Crippen LogP contribution in [-0.2, 0) is 16.8 Å². The van der Waals surface area contributed by atoms with Crippen LogP contribution in [0.5, 0.6) is 0 Å². The fourth-order valence-electron chi connectivity index (χ4n) is 3.53. The normalized spacial score (nSPS) is 11.9. The Bertz CT molecular complexity index is 966. The molecule has 0 unspecified atom stereocenters. The molecule has 0 fully saturated rings. The molecule has 0 heterocycles. The molecule has 0 saturated carbocycles. The summed E-state index contributed by atoms with van der Waals surface area (Å²) in [5, 5.41) is 4.62. The van der Waals surface area contributed by atoms with E-state index >= 15 is 0 Å². The summed E-state index contributed by atoms with van der Waals surface area (Å²) >= 11 is -1.94. The van der Waals surface area contributed by atoms with Gasteiger partial charge in [-0.2, -0.15) is 0 Å². The molecule has 0 aromatic heterocycles. The van der Waals surface area contributed by atoms with E-state index in [1.54, 1.807) is 0 Å². The Balaban J connectivity index is 0.00000342. The van der Waals surface area contributed by atoms with Crippen molar-refractivity contribution < 1.29 is 29.9 Å². The van der Waals surface area contributed by atoms with E-state index in [4.69, 9.17) is 0 Å². The van der Waals surface area contributed by atoms with Gasteiger partial charge in [0.25, 0.3) is 0 Å². The van der Waals surface area contributed by atoms with Gasteiger partial charge < -0.3 is 6.15 Å². The minimum atomic E-state index is -4.15. The van der Waals surface area contributed by atoms with E-state index in [0.29, 0.717) is 9.27 Å². The van der Waals surface area contributed by atoms with Crippen LogP contribution in [0.15, 0.2) is 121 Å². The standard InChI is InChI=1S/2C13H12P.C2H2F3.H3N.Pd/c2*1-14(12-8-4-2-5-9-12)13-10-6-3-7-11-13;1-2(3,4)5;;/h2*2-11H,1H2;1H2;1H3;. The molecule has 3 N–H and O–H groups in total. The molecule has 0 aliphatic rings. The van der Waals surface area contributed by atoms with Gasteiger partial charge in [0.1, 0.15) is 0 Å². The summed E-state index contributed by atoms with van der Waals surface area (Å²) in [6.45, 7) is 0. The van der Waals surface area contributed by atoms with E-state index < -0.39 is 43.7 Å². The van der Waals surface area contributed by atoms with Crippen molar-refractivity contribution in [3.05, 3.63) is 121 Å². The van der Waals surface area contributed by atoms with Crippen molar-refractivity contribution in [1.82, 2.24) is 6.15 Å². The number of benzene rings is 4. The summed E-state index contributed by atoms with van der Waals surface area (Å²) in [5.41, 5.74) is 0. The molecule has 0 bridgehead atoms. The molecular formula is C28H29F3NP2Pd. The first kappa shape index (κ1) is 27.7. The zero-order valence-electron chi connectivity index (χ0n) is 19.2. The van der Waals surface area contributed by atoms with Crippen LogP contribution < -0.4 is 27.4 Å². The summed E-state index contributed by atoms with van der Waals surface area (Å²) < 4.78 is 42.8. The zero-order valence-corrected chi connectivity index (χ0v) is 22.6. The molecule has 0 atom stereocenters. The summed E-state index contributed by atoms with van der Waals surface area (Å²) in [4.78, 5) is -0.643. The first-order valence-electron chi connectivity index (χ1n) is 10.8. The summed E-state index contributed by atoms with van der Waals surface area (Å²) in [5.74, 6) is 0. The predicted molar refractivity (Wildman–Crippen MR) is 144 cm³/mol. The van der Waals surface area contributed by atoms with Crippen LogP contribution in [0.4, 0.5) is 13.2 Å². The quantitative estimate of drug-likeness (QED) is 0.163. The molecule has 4 aromatic carbocycles. The molecule has 0 saturated heterocycles. The van der Waals surface area contributed by atoms with Gasteiger partial charge in [-0.1, -0.05) is 0 Å². The molecule has 35 heavy (non-hydrogen) atoms. The van der Waals surface area contributed by atoms with E-state index in [0.717, 1.165) is 21.2 Å². The van der Waals surface area contributed by atoms with E-state index in [1.807, 2.05) is 72.8 Å². The van der Waals surface area contributed by atoms with E-state index in [9.17, 15) is 13.2 Å². The fraction of sp³-hybridized carbons (Fsp3) is 0.143. The van der Waals surface area contributed by atoms with Crippen molar-refractivity contribution in [2.24, 2.45) is 0 Å². The fourth-order valence-corrected chi connectivity index (χ4v) is 18.6. The Labute approximate surface area is 214 Å². The number of halogens is 3. The van der Waals surface area contributed by atoms with E-state index in [-0.39, 0.29) is 6.15 Å². The molecule has 0 aliphatic carbocycles. The first-order chi connectivity index (χ1) is 16.5. The van der Waals surface area contributed by atoms with E-state index in [2.05, 4.69) is 48.5 Å². The van der Waals surface area contributed by atoms with Crippen molar-refractivity contribution in [1.29, 1.82) is 0 Å². The molecule has 1 nitrogen and oxygen atoms in total. The summed E-state index contributed by atoms with van der Waals surface area (Å²) in [6.07, 6.45) is -4.15. The SMILES string of the molecule is FC(F)(F)[CH2][Pd]([CH2]P(c1ccccc1)c1ccccc1)[CH2]P(c1ccccc1)c1ccccc1.N. The maximum atomic E-state index is 13.9. The molecule has 0 radical (unpaired) electrons. The third-order valence-corrected chi connectivity index (χ3v) is 18.2. The van der Waals surface area contributed by atoms with Gasteiger partial charge in [0.05, 0.1) is 0 Å². The molecule has 7 heteroatoms. The Hall–Kier alpha value is -1.85.